The molecule has 34 heavy (non-hydrogen) atoms. The lowest BCUT2D eigenvalue weighted by molar-refractivity contribution is -0.137. The number of fused-ring (bicyclic) bond motifs is 3. The largest absolute Gasteiger partial charge is 0.481 e. The summed E-state index contributed by atoms with van der Waals surface area (Å²) in [6.45, 7) is 1.91. The molecule has 3 aromatic rings. The Kier molecular flexibility index (Phi) is 6.87. The summed E-state index contributed by atoms with van der Waals surface area (Å²) < 4.78 is 5.52. The van der Waals surface area contributed by atoms with Gasteiger partial charge in [0, 0.05) is 23.7 Å². The molecule has 1 aliphatic rings. The number of hydrogen-bond donors (Lipinski definition) is 3. The van der Waals surface area contributed by atoms with E-state index in [1.165, 1.54) is 12.3 Å². The van der Waals surface area contributed by atoms with Gasteiger partial charge in [-0.1, -0.05) is 48.5 Å². The van der Waals surface area contributed by atoms with E-state index in [2.05, 4.69) is 39.9 Å². The number of carboxylic acids is 1. The van der Waals surface area contributed by atoms with E-state index in [1.54, 1.807) is 13.0 Å². The first kappa shape index (κ1) is 23.0. The highest BCUT2D eigenvalue weighted by Gasteiger charge is 2.29. The monoisotopic (exact) mass is 459 g/mol. The molecule has 0 spiro atoms. The van der Waals surface area contributed by atoms with Crippen LogP contribution in [0.4, 0.5) is 4.79 Å². The van der Waals surface area contributed by atoms with Crippen LogP contribution in [0, 0.1) is 0 Å². The van der Waals surface area contributed by atoms with Gasteiger partial charge in [0.25, 0.3) is 5.91 Å². The molecule has 1 heterocycles. The van der Waals surface area contributed by atoms with Crippen LogP contribution >= 0.6 is 0 Å². The van der Waals surface area contributed by atoms with Gasteiger partial charge in [-0.2, -0.15) is 0 Å². The summed E-state index contributed by atoms with van der Waals surface area (Å²) in [4.78, 5) is 39.7. The molecule has 0 aliphatic heterocycles. The second-order valence-electron chi connectivity index (χ2n) is 8.19. The zero-order chi connectivity index (χ0) is 24.1. The maximum absolute atomic E-state index is 12.4. The van der Waals surface area contributed by atoms with Crippen molar-refractivity contribution in [1.29, 1.82) is 0 Å². The summed E-state index contributed by atoms with van der Waals surface area (Å²) in [5, 5.41) is 14.1. The van der Waals surface area contributed by atoms with Gasteiger partial charge in [-0.05, 0) is 41.3 Å². The fourth-order valence-corrected chi connectivity index (χ4v) is 4.15. The van der Waals surface area contributed by atoms with Gasteiger partial charge in [0.1, 0.15) is 6.61 Å². The van der Waals surface area contributed by atoms with Crippen molar-refractivity contribution in [3.05, 3.63) is 89.2 Å². The summed E-state index contributed by atoms with van der Waals surface area (Å²) in [6, 6.07) is 18.8. The lowest BCUT2D eigenvalue weighted by atomic mass is 9.98. The van der Waals surface area contributed by atoms with Crippen molar-refractivity contribution in [2.24, 2.45) is 0 Å². The Bertz CT molecular complexity index is 1180. The van der Waals surface area contributed by atoms with E-state index in [9.17, 15) is 14.4 Å². The number of carbonyl (C=O) groups is 3. The molecule has 8 heteroatoms. The molecule has 1 atom stereocenters. The quantitative estimate of drug-likeness (QED) is 0.473. The second kappa shape index (κ2) is 10.2. The molecule has 0 bridgehead atoms. The third-order valence-corrected chi connectivity index (χ3v) is 5.69. The fraction of sp³-hybridized carbons (Fsp3) is 0.231. The van der Waals surface area contributed by atoms with Crippen LogP contribution in [0.15, 0.2) is 66.9 Å². The summed E-state index contributed by atoms with van der Waals surface area (Å²) in [7, 11) is 0. The van der Waals surface area contributed by atoms with Gasteiger partial charge in [0.05, 0.1) is 18.7 Å². The van der Waals surface area contributed by atoms with Gasteiger partial charge in [-0.3, -0.25) is 14.6 Å². The van der Waals surface area contributed by atoms with E-state index < -0.39 is 24.0 Å². The second-order valence-corrected chi connectivity index (χ2v) is 8.19. The van der Waals surface area contributed by atoms with Crippen LogP contribution in [0.5, 0.6) is 0 Å². The van der Waals surface area contributed by atoms with Gasteiger partial charge in [-0.15, -0.1) is 0 Å². The van der Waals surface area contributed by atoms with Gasteiger partial charge >= 0.3 is 12.1 Å². The molecule has 174 valence electrons. The molecule has 4 rings (SSSR count). The molecule has 0 saturated heterocycles. The zero-order valence-corrected chi connectivity index (χ0v) is 18.7. The van der Waals surface area contributed by atoms with Crippen LogP contribution in [-0.2, 0) is 16.1 Å². The minimum absolute atomic E-state index is 0.0314. The number of ether oxygens (including phenoxy) is 1. The predicted octanol–water partition coefficient (Wildman–Crippen LogP) is 3.71. The minimum atomic E-state index is -0.990. The first-order valence-corrected chi connectivity index (χ1v) is 11.0. The minimum Gasteiger partial charge on any atom is -0.481 e. The number of carbonyl (C=O) groups excluding carboxylic acids is 2. The number of rotatable bonds is 8. The van der Waals surface area contributed by atoms with Crippen LogP contribution in [-0.4, -0.2) is 40.7 Å². The first-order valence-electron chi connectivity index (χ1n) is 11.0. The number of pyridine rings is 1. The Labute approximate surface area is 197 Å². The van der Waals surface area contributed by atoms with Crippen molar-refractivity contribution >= 4 is 18.0 Å². The van der Waals surface area contributed by atoms with Crippen LogP contribution in [0.1, 0.15) is 46.4 Å². The molecule has 1 aromatic heterocycles. The average molecular weight is 460 g/mol. The molecule has 0 unspecified atom stereocenters. The molecule has 0 saturated carbocycles. The van der Waals surface area contributed by atoms with Crippen molar-refractivity contribution in [3.8, 4) is 11.1 Å². The van der Waals surface area contributed by atoms with E-state index in [4.69, 9.17) is 9.84 Å². The number of aromatic nitrogens is 1. The van der Waals surface area contributed by atoms with Crippen molar-refractivity contribution in [2.45, 2.75) is 31.8 Å². The highest BCUT2D eigenvalue weighted by molar-refractivity contribution is 5.94. The topological polar surface area (TPSA) is 118 Å². The summed E-state index contributed by atoms with van der Waals surface area (Å²) in [5.41, 5.74) is 5.39. The number of alkyl carbamates (subject to hydrolysis) is 1. The van der Waals surface area contributed by atoms with Crippen molar-refractivity contribution in [2.75, 3.05) is 6.61 Å². The molecule has 0 fully saturated rings. The fourth-order valence-electron chi connectivity index (χ4n) is 4.15. The van der Waals surface area contributed by atoms with Gasteiger partial charge in [0.15, 0.2) is 0 Å². The normalized spacial score (nSPS) is 12.9. The number of carboxylic acid groups (broad SMARTS) is 1. The summed E-state index contributed by atoms with van der Waals surface area (Å²) in [6.07, 6.45) is 0.715. The first-order chi connectivity index (χ1) is 16.4. The number of nitrogens with one attached hydrogen (secondary N) is 2. The van der Waals surface area contributed by atoms with Crippen LogP contribution in [0.2, 0.25) is 0 Å². The summed E-state index contributed by atoms with van der Waals surface area (Å²) in [5.74, 6) is -1.43. The lowest BCUT2D eigenvalue weighted by Gasteiger charge is -2.15. The number of hydrogen-bond acceptors (Lipinski definition) is 5. The van der Waals surface area contributed by atoms with E-state index in [-0.39, 0.29) is 25.5 Å². The Morgan fingerprint density at radius 3 is 2.32 bits per heavy atom. The van der Waals surface area contributed by atoms with E-state index in [0.717, 1.165) is 22.3 Å². The molecular weight excluding hydrogens is 434 g/mol. The van der Waals surface area contributed by atoms with E-state index in [0.29, 0.717) is 11.3 Å². The predicted molar refractivity (Wildman–Crippen MR) is 125 cm³/mol. The number of nitrogens with zero attached hydrogens (tertiary/aromatic N) is 1. The Hall–Kier alpha value is -4.20. The molecular formula is C26H25N3O5. The van der Waals surface area contributed by atoms with Gasteiger partial charge in [0.2, 0.25) is 0 Å². The third kappa shape index (κ3) is 5.23. The van der Waals surface area contributed by atoms with Crippen LogP contribution < -0.4 is 10.6 Å². The molecule has 8 nitrogen and oxygen atoms in total. The highest BCUT2D eigenvalue weighted by atomic mass is 16.5. The van der Waals surface area contributed by atoms with E-state index in [1.807, 2.05) is 24.3 Å². The average Bonchev–Trinajstić information content (AvgIpc) is 3.15. The number of amides is 2. The van der Waals surface area contributed by atoms with Crippen LogP contribution in [0.3, 0.4) is 0 Å². The van der Waals surface area contributed by atoms with Crippen molar-refractivity contribution in [3.63, 3.8) is 0 Å². The maximum Gasteiger partial charge on any atom is 0.407 e. The molecule has 2 amide bonds. The van der Waals surface area contributed by atoms with Gasteiger partial charge < -0.3 is 20.5 Å². The molecule has 3 N–H and O–H groups in total. The standard InChI is InChI=1S/C26H25N3O5/c1-16(12-24(30)31)29-25(32)17-10-11-27-18(13-17)14-28-26(33)34-15-23-21-8-4-2-6-19(21)20-7-3-5-9-22(20)23/h2-11,13,16,23H,12,14-15H2,1H3,(H,28,33)(H,29,32)(H,30,31)/t16-/m0/s1. The highest BCUT2D eigenvalue weighted by Crippen LogP contribution is 2.44. The molecule has 0 radical (unpaired) electrons. The van der Waals surface area contributed by atoms with Crippen molar-refractivity contribution < 1.29 is 24.2 Å². The van der Waals surface area contributed by atoms with Crippen molar-refractivity contribution in [1.82, 2.24) is 15.6 Å². The Morgan fingerprint density at radius 1 is 1.03 bits per heavy atom. The molecule has 2 aromatic carbocycles. The SMILES string of the molecule is C[C@@H](CC(=O)O)NC(=O)c1ccnc(CNC(=O)OCC2c3ccccc3-c3ccccc32)c1. The lowest BCUT2D eigenvalue weighted by Crippen LogP contribution is -2.34. The van der Waals surface area contributed by atoms with E-state index >= 15 is 0 Å². The number of benzene rings is 2. The zero-order valence-electron chi connectivity index (χ0n) is 18.7. The molecule has 1 aliphatic carbocycles. The number of aliphatic carboxylic acids is 1. The third-order valence-electron chi connectivity index (χ3n) is 5.69. The van der Waals surface area contributed by atoms with Gasteiger partial charge in [-0.25, -0.2) is 4.79 Å². The smallest absolute Gasteiger partial charge is 0.407 e. The Morgan fingerprint density at radius 2 is 1.68 bits per heavy atom. The summed E-state index contributed by atoms with van der Waals surface area (Å²) >= 11 is 0. The van der Waals surface area contributed by atoms with Crippen LogP contribution in [0.25, 0.3) is 11.1 Å². The maximum atomic E-state index is 12.4. The Balaban J connectivity index is 1.32.